The monoisotopic (exact) mass is 185 g/mol. The summed E-state index contributed by atoms with van der Waals surface area (Å²) in [7, 11) is 2.80. The summed E-state index contributed by atoms with van der Waals surface area (Å²) in [6, 6.07) is 3.21. The van der Waals surface area contributed by atoms with Crippen molar-refractivity contribution in [2.45, 2.75) is 6.54 Å². The summed E-state index contributed by atoms with van der Waals surface area (Å²) in [5, 5.41) is 0. The molecule has 0 bridgehead atoms. The van der Waals surface area contributed by atoms with Gasteiger partial charge in [-0.25, -0.2) is 0 Å². The molecule has 0 fully saturated rings. The molecule has 13 heavy (non-hydrogen) atoms. The highest BCUT2D eigenvalue weighted by Gasteiger charge is 2.13. The van der Waals surface area contributed by atoms with Crippen LogP contribution in [-0.2, 0) is 6.54 Å². The zero-order chi connectivity index (χ0) is 9.84. The van der Waals surface area contributed by atoms with E-state index in [0.29, 0.717) is 5.56 Å². The smallest absolute Gasteiger partial charge is 0.207 e. The van der Waals surface area contributed by atoms with Crippen molar-refractivity contribution in [2.24, 2.45) is 5.73 Å². The molecule has 0 atom stereocenters. The first-order valence-corrected chi connectivity index (χ1v) is 3.84. The van der Waals surface area contributed by atoms with E-state index in [1.165, 1.54) is 20.3 Å². The summed E-state index contributed by atoms with van der Waals surface area (Å²) in [6.07, 6.45) is 0. The van der Waals surface area contributed by atoms with Gasteiger partial charge in [-0.05, 0) is 6.07 Å². The number of methoxy groups -OCH3 is 2. The second-order valence-corrected chi connectivity index (χ2v) is 2.48. The van der Waals surface area contributed by atoms with E-state index in [1.54, 1.807) is 6.07 Å². The Morgan fingerprint density at radius 1 is 1.31 bits per heavy atom. The van der Waals surface area contributed by atoms with Crippen molar-refractivity contribution in [1.82, 2.24) is 0 Å². The highest BCUT2D eigenvalue weighted by Crippen LogP contribution is 2.29. The summed E-state index contributed by atoms with van der Waals surface area (Å²) in [4.78, 5) is 0. The first kappa shape index (κ1) is 9.80. The minimum absolute atomic E-state index is 0.154. The summed E-state index contributed by atoms with van der Waals surface area (Å²) in [5.41, 5.74) is 6.02. The van der Waals surface area contributed by atoms with Gasteiger partial charge in [0.15, 0.2) is 11.5 Å². The van der Waals surface area contributed by atoms with Crippen LogP contribution in [0.3, 0.4) is 0 Å². The quantitative estimate of drug-likeness (QED) is 0.772. The Morgan fingerprint density at radius 3 is 2.46 bits per heavy atom. The Kier molecular flexibility index (Phi) is 3.08. The van der Waals surface area contributed by atoms with Crippen LogP contribution in [0, 0.1) is 5.82 Å². The maximum absolute atomic E-state index is 13.4. The van der Waals surface area contributed by atoms with Crippen molar-refractivity contribution in [1.29, 1.82) is 0 Å². The van der Waals surface area contributed by atoms with Crippen molar-refractivity contribution in [3.05, 3.63) is 23.5 Å². The first-order chi connectivity index (χ1) is 6.24. The van der Waals surface area contributed by atoms with Crippen LogP contribution in [0.5, 0.6) is 11.5 Å². The van der Waals surface area contributed by atoms with E-state index in [4.69, 9.17) is 15.2 Å². The molecule has 1 rings (SSSR count). The van der Waals surface area contributed by atoms with Crippen LogP contribution >= 0.6 is 0 Å². The predicted octanol–water partition coefficient (Wildman–Crippen LogP) is 1.30. The van der Waals surface area contributed by atoms with Crippen molar-refractivity contribution < 1.29 is 13.9 Å². The van der Waals surface area contributed by atoms with Gasteiger partial charge in [0.25, 0.3) is 0 Å². The van der Waals surface area contributed by atoms with Gasteiger partial charge in [0.2, 0.25) is 5.82 Å². The fourth-order valence-corrected chi connectivity index (χ4v) is 1.12. The predicted molar refractivity (Wildman–Crippen MR) is 47.4 cm³/mol. The average molecular weight is 185 g/mol. The molecule has 1 aromatic carbocycles. The summed E-state index contributed by atoms with van der Waals surface area (Å²) < 4.78 is 23.1. The second kappa shape index (κ2) is 4.09. The van der Waals surface area contributed by atoms with E-state index in [-0.39, 0.29) is 18.0 Å². The maximum Gasteiger partial charge on any atom is 0.207 e. The van der Waals surface area contributed by atoms with Crippen molar-refractivity contribution in [3.8, 4) is 11.5 Å². The lowest BCUT2D eigenvalue weighted by molar-refractivity contribution is 0.347. The van der Waals surface area contributed by atoms with Gasteiger partial charge in [0, 0.05) is 12.1 Å². The molecule has 4 heteroatoms. The number of halogens is 1. The number of hydrogen-bond acceptors (Lipinski definition) is 3. The molecule has 0 aliphatic heterocycles. The van der Waals surface area contributed by atoms with Crippen LogP contribution in [0.4, 0.5) is 4.39 Å². The molecule has 0 amide bonds. The third-order valence-corrected chi connectivity index (χ3v) is 1.79. The molecule has 3 nitrogen and oxygen atoms in total. The maximum atomic E-state index is 13.4. The summed E-state index contributed by atoms with van der Waals surface area (Å²) >= 11 is 0. The van der Waals surface area contributed by atoms with E-state index in [9.17, 15) is 4.39 Å². The van der Waals surface area contributed by atoms with E-state index < -0.39 is 5.82 Å². The minimum atomic E-state index is -0.507. The molecule has 0 saturated carbocycles. The van der Waals surface area contributed by atoms with Gasteiger partial charge < -0.3 is 15.2 Å². The van der Waals surface area contributed by atoms with Gasteiger partial charge in [0.1, 0.15) is 0 Å². The van der Waals surface area contributed by atoms with Crippen LogP contribution in [0.1, 0.15) is 5.56 Å². The third kappa shape index (κ3) is 1.72. The molecular weight excluding hydrogens is 173 g/mol. The Labute approximate surface area is 76.3 Å². The molecule has 0 aliphatic rings. The topological polar surface area (TPSA) is 44.5 Å². The van der Waals surface area contributed by atoms with Crippen LogP contribution in [0.15, 0.2) is 12.1 Å². The molecule has 0 spiro atoms. The van der Waals surface area contributed by atoms with Crippen LogP contribution in [0.25, 0.3) is 0 Å². The third-order valence-electron chi connectivity index (χ3n) is 1.79. The van der Waals surface area contributed by atoms with Gasteiger partial charge >= 0.3 is 0 Å². The van der Waals surface area contributed by atoms with Crippen molar-refractivity contribution in [3.63, 3.8) is 0 Å². The molecule has 0 saturated heterocycles. The minimum Gasteiger partial charge on any atom is -0.494 e. The fourth-order valence-electron chi connectivity index (χ4n) is 1.12. The molecule has 2 N–H and O–H groups in total. The number of ether oxygens (including phenoxy) is 2. The normalized spacial score (nSPS) is 9.85. The van der Waals surface area contributed by atoms with Gasteiger partial charge in [-0.15, -0.1) is 0 Å². The van der Waals surface area contributed by atoms with E-state index >= 15 is 0 Å². The standard InChI is InChI=1S/C9H12FNO2/c1-12-7-4-3-6(5-11)9(13-2)8(7)10/h3-4H,5,11H2,1-2H3. The molecule has 0 heterocycles. The molecule has 0 aromatic heterocycles. The van der Waals surface area contributed by atoms with Crippen LogP contribution in [0.2, 0.25) is 0 Å². The average Bonchev–Trinajstić information content (AvgIpc) is 2.17. The summed E-state index contributed by atoms with van der Waals surface area (Å²) in [5.74, 6) is -0.191. The molecule has 0 unspecified atom stereocenters. The number of nitrogens with two attached hydrogens (primary N) is 1. The first-order valence-electron chi connectivity index (χ1n) is 3.84. The molecule has 1 aromatic rings. The summed E-state index contributed by atoms with van der Waals surface area (Å²) in [6.45, 7) is 0.240. The second-order valence-electron chi connectivity index (χ2n) is 2.48. The van der Waals surface area contributed by atoms with Gasteiger partial charge in [0.05, 0.1) is 14.2 Å². The zero-order valence-electron chi connectivity index (χ0n) is 7.63. The Morgan fingerprint density at radius 2 is 2.00 bits per heavy atom. The molecule has 0 radical (unpaired) electrons. The number of rotatable bonds is 3. The SMILES string of the molecule is COc1ccc(CN)c(OC)c1F. The molecule has 72 valence electrons. The highest BCUT2D eigenvalue weighted by molar-refractivity contribution is 5.42. The van der Waals surface area contributed by atoms with Gasteiger partial charge in [-0.1, -0.05) is 6.07 Å². The van der Waals surface area contributed by atoms with Gasteiger partial charge in [-0.3, -0.25) is 0 Å². The highest BCUT2D eigenvalue weighted by atomic mass is 19.1. The lowest BCUT2D eigenvalue weighted by Gasteiger charge is -2.10. The molecule has 0 aliphatic carbocycles. The van der Waals surface area contributed by atoms with Crippen LogP contribution in [-0.4, -0.2) is 14.2 Å². The van der Waals surface area contributed by atoms with Crippen molar-refractivity contribution in [2.75, 3.05) is 14.2 Å². The van der Waals surface area contributed by atoms with Crippen molar-refractivity contribution >= 4 is 0 Å². The lowest BCUT2D eigenvalue weighted by atomic mass is 10.2. The van der Waals surface area contributed by atoms with E-state index in [0.717, 1.165) is 0 Å². The Bertz CT molecular complexity index is 302. The van der Waals surface area contributed by atoms with E-state index in [2.05, 4.69) is 0 Å². The lowest BCUT2D eigenvalue weighted by Crippen LogP contribution is -2.02. The largest absolute Gasteiger partial charge is 0.494 e. The number of hydrogen-bond donors (Lipinski definition) is 1. The Hall–Kier alpha value is -1.29. The van der Waals surface area contributed by atoms with Crippen LogP contribution < -0.4 is 15.2 Å². The van der Waals surface area contributed by atoms with Gasteiger partial charge in [-0.2, -0.15) is 4.39 Å². The fraction of sp³-hybridized carbons (Fsp3) is 0.333. The van der Waals surface area contributed by atoms with E-state index in [1.807, 2.05) is 0 Å². The molecular formula is C9H12FNO2. The number of benzene rings is 1. The zero-order valence-corrected chi connectivity index (χ0v) is 7.63. The Balaban J connectivity index is 3.23.